The minimum Gasteiger partial charge on any atom is -0.484 e. The smallest absolute Gasteiger partial charge is 0.422 e. The molecule has 1 aliphatic heterocycles. The van der Waals surface area contributed by atoms with Crippen molar-refractivity contribution in [3.8, 4) is 17.4 Å². The van der Waals surface area contributed by atoms with Gasteiger partial charge in [0.15, 0.2) is 6.61 Å². The van der Waals surface area contributed by atoms with Crippen molar-refractivity contribution in [3.63, 3.8) is 0 Å². The number of nitrogens with one attached hydrogen (secondary N) is 1. The largest absolute Gasteiger partial charge is 0.484 e. The number of hydrogen-bond acceptors (Lipinski definition) is 7. The lowest BCUT2D eigenvalue weighted by atomic mass is 10.2. The highest BCUT2D eigenvalue weighted by Crippen LogP contribution is 2.28. The molecule has 43 heavy (non-hydrogen) atoms. The Bertz CT molecular complexity index is 1700. The zero-order chi connectivity index (χ0) is 30.8. The minimum atomic E-state index is -4.38. The van der Waals surface area contributed by atoms with Gasteiger partial charge in [0.25, 0.3) is 5.91 Å². The van der Waals surface area contributed by atoms with E-state index in [0.717, 1.165) is 22.7 Å². The fraction of sp³-hybridized carbons (Fsp3) is 0.310. The van der Waals surface area contributed by atoms with Gasteiger partial charge in [-0.3, -0.25) is 14.4 Å². The van der Waals surface area contributed by atoms with E-state index in [9.17, 15) is 26.4 Å². The predicted octanol–water partition coefficient (Wildman–Crippen LogP) is 4.64. The Kier molecular flexibility index (Phi) is 8.51. The van der Waals surface area contributed by atoms with E-state index in [4.69, 9.17) is 9.47 Å². The van der Waals surface area contributed by atoms with Crippen LogP contribution in [0.4, 0.5) is 18.9 Å². The number of ether oxygens (including phenoxy) is 2. The van der Waals surface area contributed by atoms with Crippen molar-refractivity contribution in [2.45, 2.75) is 12.7 Å². The summed E-state index contributed by atoms with van der Waals surface area (Å²) in [6.07, 6.45) is -1.96. The second kappa shape index (κ2) is 12.1. The van der Waals surface area contributed by atoms with Gasteiger partial charge in [0.05, 0.1) is 23.7 Å². The van der Waals surface area contributed by atoms with Crippen molar-refractivity contribution in [3.05, 3.63) is 78.1 Å². The number of aromatic nitrogens is 2. The van der Waals surface area contributed by atoms with Crippen LogP contribution in [0.5, 0.6) is 17.4 Å². The lowest BCUT2D eigenvalue weighted by molar-refractivity contribution is -0.153. The van der Waals surface area contributed by atoms with Gasteiger partial charge in [-0.05, 0) is 42.0 Å². The van der Waals surface area contributed by atoms with Gasteiger partial charge in [-0.1, -0.05) is 12.1 Å². The number of nitrogens with zero attached hydrogens (tertiary/aromatic N) is 4. The van der Waals surface area contributed by atoms with Gasteiger partial charge in [-0.25, -0.2) is 13.4 Å². The molecule has 0 spiro atoms. The molecule has 5 rings (SSSR count). The molecule has 2 aromatic carbocycles. The molecule has 1 saturated heterocycles. The van der Waals surface area contributed by atoms with Crippen LogP contribution < -0.4 is 14.2 Å². The first kappa shape index (κ1) is 30.2. The van der Waals surface area contributed by atoms with Crippen LogP contribution in [-0.2, 0) is 23.6 Å². The van der Waals surface area contributed by atoms with Gasteiger partial charge in [-0.15, -0.1) is 0 Å². The second-order valence-electron chi connectivity index (χ2n) is 10.3. The van der Waals surface area contributed by atoms with Crippen molar-refractivity contribution >= 4 is 32.5 Å². The number of carbonyl (C=O) groups is 1. The number of sulfonamides is 1. The molecule has 1 amide bonds. The summed E-state index contributed by atoms with van der Waals surface area (Å²) in [6, 6.07) is 17.0. The number of fused-ring (bicyclic) bond motifs is 1. The summed E-state index contributed by atoms with van der Waals surface area (Å²) in [5, 5.41) is 0.875. The first-order chi connectivity index (χ1) is 20.3. The molecule has 10 nitrogen and oxygen atoms in total. The third-order valence-corrected chi connectivity index (χ3v) is 7.50. The number of halogens is 3. The number of anilines is 1. The SMILES string of the molecule is Cn1c(C(=O)N2CCN(Cc3ccc(OCC(F)(F)F)cc3)CC2)cc2ccc(Oc3ccc(NS(C)(=O)=O)cn3)cc21. The molecule has 14 heteroatoms. The zero-order valence-corrected chi connectivity index (χ0v) is 24.3. The fourth-order valence-electron chi connectivity index (χ4n) is 4.80. The average Bonchev–Trinajstić information content (AvgIpc) is 3.28. The maximum atomic E-state index is 13.4. The van der Waals surface area contributed by atoms with Gasteiger partial charge >= 0.3 is 6.18 Å². The lowest BCUT2D eigenvalue weighted by Crippen LogP contribution is -2.48. The van der Waals surface area contributed by atoms with Crippen LogP contribution in [0.1, 0.15) is 16.1 Å². The molecular weight excluding hydrogens is 587 g/mol. The highest BCUT2D eigenvalue weighted by Gasteiger charge is 2.28. The van der Waals surface area contributed by atoms with Crippen LogP contribution >= 0.6 is 0 Å². The summed E-state index contributed by atoms with van der Waals surface area (Å²) in [5.41, 5.74) is 2.62. The van der Waals surface area contributed by atoms with Crippen LogP contribution in [0, 0.1) is 0 Å². The van der Waals surface area contributed by atoms with Crippen molar-refractivity contribution in [2.75, 3.05) is 43.8 Å². The van der Waals surface area contributed by atoms with E-state index < -0.39 is 22.8 Å². The van der Waals surface area contributed by atoms with E-state index in [-0.39, 0.29) is 17.5 Å². The molecule has 3 heterocycles. The van der Waals surface area contributed by atoms with Crippen molar-refractivity contribution < 1.29 is 35.9 Å². The number of alkyl halides is 3. The normalized spacial score (nSPS) is 14.6. The quantitative estimate of drug-likeness (QED) is 0.292. The number of piperazine rings is 1. The Hall–Kier alpha value is -4.30. The molecule has 2 aromatic heterocycles. The number of carbonyl (C=O) groups excluding carboxylic acids is 1. The molecule has 1 aliphatic rings. The Morgan fingerprint density at radius 1 is 0.977 bits per heavy atom. The first-order valence-corrected chi connectivity index (χ1v) is 15.2. The van der Waals surface area contributed by atoms with E-state index in [0.29, 0.717) is 49.9 Å². The summed E-state index contributed by atoms with van der Waals surface area (Å²) < 4.78 is 74.6. The van der Waals surface area contributed by atoms with Crippen LogP contribution in [0.15, 0.2) is 66.9 Å². The number of hydrogen-bond donors (Lipinski definition) is 1. The summed E-state index contributed by atoms with van der Waals surface area (Å²) in [5.74, 6) is 0.882. The molecule has 0 radical (unpaired) electrons. The van der Waals surface area contributed by atoms with Crippen LogP contribution in [0.2, 0.25) is 0 Å². The Morgan fingerprint density at radius 2 is 1.67 bits per heavy atom. The van der Waals surface area contributed by atoms with Crippen molar-refractivity contribution in [2.24, 2.45) is 7.05 Å². The van der Waals surface area contributed by atoms with Gasteiger partial charge in [0.2, 0.25) is 15.9 Å². The minimum absolute atomic E-state index is 0.0809. The summed E-state index contributed by atoms with van der Waals surface area (Å²) in [4.78, 5) is 21.6. The van der Waals surface area contributed by atoms with E-state index >= 15 is 0 Å². The average molecular weight is 618 g/mol. The summed E-state index contributed by atoms with van der Waals surface area (Å²) >= 11 is 0. The fourth-order valence-corrected chi connectivity index (χ4v) is 5.35. The highest BCUT2D eigenvalue weighted by molar-refractivity contribution is 7.92. The molecule has 0 unspecified atom stereocenters. The van der Waals surface area contributed by atoms with Crippen molar-refractivity contribution in [1.82, 2.24) is 19.4 Å². The topological polar surface area (TPSA) is 106 Å². The predicted molar refractivity (Wildman–Crippen MR) is 155 cm³/mol. The standard InChI is InChI=1S/C29H30F3N5O5S/c1-35-25-16-24(42-27-10-6-22(17-33-27)34-43(2,39)40)9-5-21(25)15-26(35)28(38)37-13-11-36(12-14-37)18-20-3-7-23(8-4-20)41-19-29(30,31)32/h3-10,15-17,34H,11-14,18-19H2,1-2H3. The summed E-state index contributed by atoms with van der Waals surface area (Å²) in [6.45, 7) is 1.68. The molecule has 228 valence electrons. The monoisotopic (exact) mass is 617 g/mol. The Labute approximate surface area is 246 Å². The molecule has 0 bridgehead atoms. The van der Waals surface area contributed by atoms with Crippen LogP contribution in [0.25, 0.3) is 10.9 Å². The first-order valence-electron chi connectivity index (χ1n) is 13.3. The number of amides is 1. The maximum Gasteiger partial charge on any atom is 0.422 e. The van der Waals surface area contributed by atoms with E-state index in [1.807, 2.05) is 34.7 Å². The Morgan fingerprint density at radius 3 is 2.30 bits per heavy atom. The van der Waals surface area contributed by atoms with Gasteiger partial charge in [0, 0.05) is 57.3 Å². The van der Waals surface area contributed by atoms with Crippen LogP contribution in [-0.4, -0.2) is 78.9 Å². The highest BCUT2D eigenvalue weighted by atomic mass is 32.2. The third-order valence-electron chi connectivity index (χ3n) is 6.89. The van der Waals surface area contributed by atoms with E-state index in [1.165, 1.54) is 18.3 Å². The number of rotatable bonds is 9. The molecule has 0 atom stereocenters. The number of benzene rings is 2. The second-order valence-corrected chi connectivity index (χ2v) is 12.0. The van der Waals surface area contributed by atoms with Gasteiger partial charge in [0.1, 0.15) is 17.2 Å². The molecule has 1 N–H and O–H groups in total. The summed E-state index contributed by atoms with van der Waals surface area (Å²) in [7, 11) is -1.59. The zero-order valence-electron chi connectivity index (χ0n) is 23.5. The van der Waals surface area contributed by atoms with Crippen LogP contribution in [0.3, 0.4) is 0 Å². The van der Waals surface area contributed by atoms with E-state index in [2.05, 4.69) is 14.6 Å². The van der Waals surface area contributed by atoms with Gasteiger partial charge < -0.3 is 18.9 Å². The number of pyridine rings is 1. The third kappa shape index (κ3) is 7.96. The van der Waals surface area contributed by atoms with E-state index in [1.54, 1.807) is 30.3 Å². The maximum absolute atomic E-state index is 13.4. The van der Waals surface area contributed by atoms with Crippen molar-refractivity contribution in [1.29, 1.82) is 0 Å². The lowest BCUT2D eigenvalue weighted by Gasteiger charge is -2.34. The molecule has 0 saturated carbocycles. The molecular formula is C29H30F3N5O5S. The van der Waals surface area contributed by atoms with Gasteiger partial charge in [-0.2, -0.15) is 13.2 Å². The Balaban J connectivity index is 1.17. The molecule has 0 aliphatic carbocycles. The number of aryl methyl sites for hydroxylation is 1. The molecule has 4 aromatic rings. The molecule has 1 fully saturated rings.